The van der Waals surface area contributed by atoms with Crippen LogP contribution in [0.5, 0.6) is 0 Å². The number of primary amides is 1. The van der Waals surface area contributed by atoms with E-state index in [4.69, 9.17) is 5.73 Å². The summed E-state index contributed by atoms with van der Waals surface area (Å²) in [6, 6.07) is 9.37. The summed E-state index contributed by atoms with van der Waals surface area (Å²) < 4.78 is 0. The Kier molecular flexibility index (Phi) is 2.98. The standard InChI is InChI=1S/C13H14N2O2/c14-12(17)13(10-4-2-1-3-5-10)6-7-15-11(8-13)9-16/h1-5,15H,6-8H2,(H2,14,17). The van der Waals surface area contributed by atoms with Crippen LogP contribution in [-0.2, 0) is 15.0 Å². The second-order valence-electron chi connectivity index (χ2n) is 4.25. The quantitative estimate of drug-likeness (QED) is 0.727. The van der Waals surface area contributed by atoms with Gasteiger partial charge in [0.25, 0.3) is 0 Å². The number of nitrogens with one attached hydrogen (secondary N) is 1. The summed E-state index contributed by atoms with van der Waals surface area (Å²) in [6.45, 7) is 0.558. The molecule has 1 atom stereocenters. The van der Waals surface area contributed by atoms with Gasteiger partial charge in [0.1, 0.15) is 5.94 Å². The first-order valence-corrected chi connectivity index (χ1v) is 5.52. The van der Waals surface area contributed by atoms with E-state index in [1.54, 1.807) is 0 Å². The van der Waals surface area contributed by atoms with Gasteiger partial charge >= 0.3 is 0 Å². The van der Waals surface area contributed by atoms with Crippen molar-refractivity contribution in [3.8, 4) is 0 Å². The first-order valence-electron chi connectivity index (χ1n) is 5.52. The van der Waals surface area contributed by atoms with Gasteiger partial charge in [0.2, 0.25) is 5.91 Å². The average Bonchev–Trinajstić information content (AvgIpc) is 2.39. The summed E-state index contributed by atoms with van der Waals surface area (Å²) >= 11 is 0. The predicted molar refractivity (Wildman–Crippen MR) is 63.8 cm³/mol. The highest BCUT2D eigenvalue weighted by Gasteiger charge is 2.41. The maximum atomic E-state index is 11.8. The van der Waals surface area contributed by atoms with E-state index >= 15 is 0 Å². The number of carbonyl (C=O) groups is 1. The van der Waals surface area contributed by atoms with E-state index in [0.29, 0.717) is 25.1 Å². The molecule has 88 valence electrons. The van der Waals surface area contributed by atoms with Crippen molar-refractivity contribution in [1.29, 1.82) is 0 Å². The van der Waals surface area contributed by atoms with Gasteiger partial charge in [-0.25, -0.2) is 4.79 Å². The molecule has 17 heavy (non-hydrogen) atoms. The Balaban J connectivity index is 2.47. The fraction of sp³-hybridized carbons (Fsp3) is 0.308. The third kappa shape index (κ3) is 1.95. The highest BCUT2D eigenvalue weighted by Crippen LogP contribution is 2.35. The smallest absolute Gasteiger partial charge is 0.228 e. The Hall–Kier alpha value is -2.06. The molecule has 1 aliphatic heterocycles. The third-order valence-electron chi connectivity index (χ3n) is 3.29. The van der Waals surface area contributed by atoms with E-state index in [9.17, 15) is 9.59 Å². The lowest BCUT2D eigenvalue weighted by atomic mass is 9.72. The van der Waals surface area contributed by atoms with E-state index in [-0.39, 0.29) is 0 Å². The van der Waals surface area contributed by atoms with E-state index in [1.165, 1.54) is 0 Å². The summed E-state index contributed by atoms with van der Waals surface area (Å²) in [5, 5.41) is 2.93. The third-order valence-corrected chi connectivity index (χ3v) is 3.29. The summed E-state index contributed by atoms with van der Waals surface area (Å²) in [5.41, 5.74) is 6.04. The fourth-order valence-electron chi connectivity index (χ4n) is 2.31. The molecule has 0 aromatic heterocycles. The van der Waals surface area contributed by atoms with Crippen LogP contribution in [0.15, 0.2) is 36.0 Å². The lowest BCUT2D eigenvalue weighted by Gasteiger charge is -2.35. The van der Waals surface area contributed by atoms with Crippen LogP contribution < -0.4 is 11.1 Å². The molecule has 1 saturated heterocycles. The van der Waals surface area contributed by atoms with Crippen LogP contribution in [0.1, 0.15) is 18.4 Å². The van der Waals surface area contributed by atoms with E-state index in [0.717, 1.165) is 5.56 Å². The minimum atomic E-state index is -0.779. The first kappa shape index (κ1) is 11.4. The second-order valence-corrected chi connectivity index (χ2v) is 4.25. The molecule has 0 saturated carbocycles. The van der Waals surface area contributed by atoms with Crippen molar-refractivity contribution in [2.75, 3.05) is 6.54 Å². The summed E-state index contributed by atoms with van der Waals surface area (Å²) in [5.74, 6) is 1.44. The molecule has 1 heterocycles. The largest absolute Gasteiger partial charge is 0.379 e. The van der Waals surface area contributed by atoms with Crippen molar-refractivity contribution in [2.45, 2.75) is 18.3 Å². The Morgan fingerprint density at radius 1 is 1.35 bits per heavy atom. The molecule has 3 N–H and O–H groups in total. The first-order chi connectivity index (χ1) is 8.19. The summed E-state index contributed by atoms with van der Waals surface area (Å²) in [6.07, 6.45) is 0.896. The number of nitrogens with two attached hydrogens (primary N) is 1. The maximum Gasteiger partial charge on any atom is 0.228 e. The van der Waals surface area contributed by atoms with Gasteiger partial charge in [0.15, 0.2) is 0 Å². The molecule has 1 unspecified atom stereocenters. The lowest BCUT2D eigenvalue weighted by Crippen LogP contribution is -2.48. The van der Waals surface area contributed by atoms with Gasteiger partial charge in [-0.2, -0.15) is 0 Å². The number of rotatable bonds is 2. The number of allylic oxidation sites excluding steroid dienone is 1. The van der Waals surface area contributed by atoms with Crippen LogP contribution in [0.2, 0.25) is 0 Å². The van der Waals surface area contributed by atoms with Crippen LogP contribution in [0, 0.1) is 0 Å². The number of hydrogen-bond donors (Lipinski definition) is 2. The molecule has 1 fully saturated rings. The second kappa shape index (κ2) is 4.44. The van der Waals surface area contributed by atoms with Crippen LogP contribution in [-0.4, -0.2) is 18.4 Å². The van der Waals surface area contributed by atoms with Crippen molar-refractivity contribution < 1.29 is 9.59 Å². The number of carbonyl (C=O) groups excluding carboxylic acids is 2. The van der Waals surface area contributed by atoms with Gasteiger partial charge < -0.3 is 11.1 Å². The molecule has 0 spiro atoms. The normalized spacial score (nSPS) is 23.6. The highest BCUT2D eigenvalue weighted by molar-refractivity contribution is 5.87. The Morgan fingerprint density at radius 3 is 2.65 bits per heavy atom. The van der Waals surface area contributed by atoms with E-state index < -0.39 is 11.3 Å². The molecule has 4 heteroatoms. The van der Waals surface area contributed by atoms with Crippen LogP contribution >= 0.6 is 0 Å². The van der Waals surface area contributed by atoms with Gasteiger partial charge in [-0.3, -0.25) is 4.79 Å². The predicted octanol–water partition coefficient (Wildman–Crippen LogP) is 0.509. The van der Waals surface area contributed by atoms with Crippen molar-refractivity contribution in [1.82, 2.24) is 5.32 Å². The van der Waals surface area contributed by atoms with Crippen LogP contribution in [0.3, 0.4) is 0 Å². The van der Waals surface area contributed by atoms with E-state index in [2.05, 4.69) is 5.32 Å². The van der Waals surface area contributed by atoms with Gasteiger partial charge in [-0.05, 0) is 12.0 Å². The number of benzene rings is 1. The Morgan fingerprint density at radius 2 is 2.06 bits per heavy atom. The van der Waals surface area contributed by atoms with Crippen molar-refractivity contribution in [2.24, 2.45) is 5.73 Å². The summed E-state index contributed by atoms with van der Waals surface area (Å²) in [4.78, 5) is 22.5. The zero-order chi connectivity index (χ0) is 12.3. The minimum Gasteiger partial charge on any atom is -0.379 e. The monoisotopic (exact) mass is 230 g/mol. The molecule has 4 nitrogen and oxygen atoms in total. The average molecular weight is 230 g/mol. The SMILES string of the molecule is NC(=O)C1(c2ccccc2)CCNC(=C=O)C1. The molecule has 1 aliphatic rings. The molecule has 2 rings (SSSR count). The molecular formula is C13H14N2O2. The summed E-state index contributed by atoms with van der Waals surface area (Å²) in [7, 11) is 0. The van der Waals surface area contributed by atoms with Gasteiger partial charge in [-0.1, -0.05) is 30.3 Å². The molecule has 1 aromatic carbocycles. The van der Waals surface area contributed by atoms with Crippen molar-refractivity contribution >= 4 is 11.8 Å². The van der Waals surface area contributed by atoms with E-state index in [1.807, 2.05) is 36.3 Å². The molecule has 1 aromatic rings. The molecule has 1 amide bonds. The Labute approximate surface area is 99.5 Å². The van der Waals surface area contributed by atoms with Gasteiger partial charge in [0.05, 0.1) is 11.1 Å². The lowest BCUT2D eigenvalue weighted by molar-refractivity contribution is -0.124. The topological polar surface area (TPSA) is 72.2 Å². The van der Waals surface area contributed by atoms with Crippen molar-refractivity contribution in [3.63, 3.8) is 0 Å². The molecule has 0 bridgehead atoms. The Bertz CT molecular complexity index is 477. The highest BCUT2D eigenvalue weighted by atomic mass is 16.1. The number of piperidine rings is 1. The zero-order valence-corrected chi connectivity index (χ0v) is 9.40. The molecule has 0 aliphatic carbocycles. The fourth-order valence-corrected chi connectivity index (χ4v) is 2.31. The van der Waals surface area contributed by atoms with Gasteiger partial charge in [0, 0.05) is 13.0 Å². The minimum absolute atomic E-state index is 0.301. The molecular weight excluding hydrogens is 216 g/mol. The molecule has 0 radical (unpaired) electrons. The zero-order valence-electron chi connectivity index (χ0n) is 9.40. The van der Waals surface area contributed by atoms with Crippen molar-refractivity contribution in [3.05, 3.63) is 41.6 Å². The van der Waals surface area contributed by atoms with Gasteiger partial charge in [-0.15, -0.1) is 0 Å². The number of hydrogen-bond acceptors (Lipinski definition) is 3. The van der Waals surface area contributed by atoms with Crippen LogP contribution in [0.4, 0.5) is 0 Å². The van der Waals surface area contributed by atoms with Crippen LogP contribution in [0.25, 0.3) is 0 Å². The maximum absolute atomic E-state index is 11.8. The number of amides is 1.